The van der Waals surface area contributed by atoms with E-state index in [0.717, 1.165) is 5.56 Å². The minimum Gasteiger partial charge on any atom is -0.477 e. The number of nitro groups is 1. The van der Waals surface area contributed by atoms with Gasteiger partial charge in [-0.2, -0.15) is 0 Å². The predicted molar refractivity (Wildman–Crippen MR) is 76.2 cm³/mol. The van der Waals surface area contributed by atoms with Crippen molar-refractivity contribution in [3.63, 3.8) is 0 Å². The Balaban J connectivity index is 2.72. The quantitative estimate of drug-likeness (QED) is 0.390. The van der Waals surface area contributed by atoms with Crippen molar-refractivity contribution < 1.29 is 19.2 Å². The molecule has 21 heavy (non-hydrogen) atoms. The molecular weight excluding hydrogens is 278 g/mol. The number of ether oxygens (including phenoxy) is 2. The van der Waals surface area contributed by atoms with Crippen molar-refractivity contribution in [3.05, 3.63) is 33.9 Å². The number of methoxy groups -OCH3 is 1. The van der Waals surface area contributed by atoms with Crippen molar-refractivity contribution in [1.29, 1.82) is 0 Å². The molecule has 0 saturated carbocycles. The van der Waals surface area contributed by atoms with Gasteiger partial charge in [0.15, 0.2) is 12.4 Å². The Morgan fingerprint density at radius 3 is 2.81 bits per heavy atom. The number of carbonyl (C=O) groups is 1. The van der Waals surface area contributed by atoms with Crippen LogP contribution in [0.3, 0.4) is 0 Å². The Morgan fingerprint density at radius 2 is 2.19 bits per heavy atom. The summed E-state index contributed by atoms with van der Waals surface area (Å²) in [5.74, 6) is -0.279. The number of nitro benzene ring substituents is 1. The second-order valence-corrected chi connectivity index (χ2v) is 4.19. The molecule has 8 heteroatoms. The molecule has 0 saturated heterocycles. The molecule has 2 N–H and O–H groups in total. The van der Waals surface area contributed by atoms with E-state index in [2.05, 4.69) is 10.6 Å². The molecule has 1 aromatic rings. The minimum absolute atomic E-state index is 0.0734. The van der Waals surface area contributed by atoms with Gasteiger partial charge >= 0.3 is 5.69 Å². The van der Waals surface area contributed by atoms with Crippen molar-refractivity contribution >= 4 is 11.6 Å². The number of hydrogen-bond acceptors (Lipinski definition) is 6. The van der Waals surface area contributed by atoms with E-state index in [4.69, 9.17) is 9.47 Å². The molecule has 0 aliphatic carbocycles. The van der Waals surface area contributed by atoms with Crippen LogP contribution in [0.4, 0.5) is 5.69 Å². The molecule has 0 fully saturated rings. The lowest BCUT2D eigenvalue weighted by Gasteiger charge is -2.08. The first-order chi connectivity index (χ1) is 10.1. The normalized spacial score (nSPS) is 10.2. The first-order valence-corrected chi connectivity index (χ1v) is 6.38. The summed E-state index contributed by atoms with van der Waals surface area (Å²) in [7, 11) is 3.07. The molecule has 0 aliphatic rings. The molecular formula is C13H19N3O5. The number of likely N-dealkylation sites (N-methyl/N-ethyl adjacent to an activating group) is 1. The van der Waals surface area contributed by atoms with Gasteiger partial charge in [-0.1, -0.05) is 6.07 Å². The Bertz CT molecular complexity index is 493. The molecule has 0 heterocycles. The zero-order valence-corrected chi connectivity index (χ0v) is 12.0. The van der Waals surface area contributed by atoms with Gasteiger partial charge in [0.25, 0.3) is 5.91 Å². The average molecular weight is 297 g/mol. The summed E-state index contributed by atoms with van der Waals surface area (Å²) in [4.78, 5) is 21.6. The highest BCUT2D eigenvalue weighted by Crippen LogP contribution is 2.27. The molecule has 8 nitrogen and oxygen atoms in total. The van der Waals surface area contributed by atoms with Gasteiger partial charge in [-0.05, 0) is 11.6 Å². The van der Waals surface area contributed by atoms with Crippen LogP contribution in [-0.4, -0.2) is 44.7 Å². The van der Waals surface area contributed by atoms with Gasteiger partial charge in [0.1, 0.15) is 0 Å². The Hall–Kier alpha value is -2.19. The van der Waals surface area contributed by atoms with Crippen LogP contribution in [-0.2, 0) is 16.1 Å². The number of rotatable bonds is 9. The first-order valence-electron chi connectivity index (χ1n) is 6.38. The zero-order chi connectivity index (χ0) is 15.7. The van der Waals surface area contributed by atoms with Gasteiger partial charge in [-0.3, -0.25) is 14.9 Å². The number of benzene rings is 1. The Kier molecular flexibility index (Phi) is 7.13. The summed E-state index contributed by atoms with van der Waals surface area (Å²) in [6, 6.07) is 4.64. The molecule has 0 spiro atoms. The largest absolute Gasteiger partial charge is 0.477 e. The Morgan fingerprint density at radius 1 is 1.43 bits per heavy atom. The highest BCUT2D eigenvalue weighted by Gasteiger charge is 2.16. The lowest BCUT2D eigenvalue weighted by molar-refractivity contribution is -0.385. The first kappa shape index (κ1) is 16.9. The van der Waals surface area contributed by atoms with E-state index in [1.54, 1.807) is 13.2 Å². The van der Waals surface area contributed by atoms with Crippen molar-refractivity contribution in [3.8, 4) is 5.75 Å². The van der Waals surface area contributed by atoms with Crippen LogP contribution >= 0.6 is 0 Å². The van der Waals surface area contributed by atoms with Gasteiger partial charge < -0.3 is 20.1 Å². The standard InChI is InChI=1S/C13H19N3O5/c1-14-13(17)9-21-12-4-3-10(7-11(12)16(18)19)8-15-5-6-20-2/h3-4,7,15H,5-6,8-9H2,1-2H3,(H,14,17). The predicted octanol–water partition coefficient (Wildman–Crippen LogP) is 0.456. The molecule has 116 valence electrons. The van der Waals surface area contributed by atoms with Crippen molar-refractivity contribution in [2.24, 2.45) is 0 Å². The van der Waals surface area contributed by atoms with E-state index in [0.29, 0.717) is 19.7 Å². The fraction of sp³-hybridized carbons (Fsp3) is 0.462. The van der Waals surface area contributed by atoms with Crippen LogP contribution in [0, 0.1) is 10.1 Å². The summed E-state index contributed by atoms with van der Waals surface area (Å²) in [5.41, 5.74) is 0.593. The minimum atomic E-state index is -0.530. The van der Waals surface area contributed by atoms with E-state index < -0.39 is 4.92 Å². The van der Waals surface area contributed by atoms with E-state index >= 15 is 0 Å². The van der Waals surface area contributed by atoms with Gasteiger partial charge in [0.05, 0.1) is 11.5 Å². The fourth-order valence-corrected chi connectivity index (χ4v) is 1.56. The number of nitrogens with one attached hydrogen (secondary N) is 2. The molecule has 0 radical (unpaired) electrons. The number of amides is 1. The zero-order valence-electron chi connectivity index (χ0n) is 12.0. The van der Waals surface area contributed by atoms with Crippen LogP contribution in [0.15, 0.2) is 18.2 Å². The van der Waals surface area contributed by atoms with E-state index in [9.17, 15) is 14.9 Å². The summed E-state index contributed by atoms with van der Waals surface area (Å²) in [6.45, 7) is 1.44. The third kappa shape index (κ3) is 5.76. The van der Waals surface area contributed by atoms with Gasteiger partial charge in [-0.15, -0.1) is 0 Å². The fourth-order valence-electron chi connectivity index (χ4n) is 1.56. The maximum atomic E-state index is 11.1. The molecule has 1 rings (SSSR count). The second-order valence-electron chi connectivity index (χ2n) is 4.19. The van der Waals surface area contributed by atoms with E-state index in [1.165, 1.54) is 19.2 Å². The van der Waals surface area contributed by atoms with Crippen LogP contribution in [0.5, 0.6) is 5.75 Å². The summed E-state index contributed by atoms with van der Waals surface area (Å²) >= 11 is 0. The molecule has 0 atom stereocenters. The van der Waals surface area contributed by atoms with E-state index in [-0.39, 0.29) is 24.0 Å². The summed E-state index contributed by atoms with van der Waals surface area (Å²) in [6.07, 6.45) is 0. The second kappa shape index (κ2) is 8.88. The number of carbonyl (C=O) groups excluding carboxylic acids is 1. The maximum absolute atomic E-state index is 11.1. The van der Waals surface area contributed by atoms with Crippen LogP contribution in [0.1, 0.15) is 5.56 Å². The molecule has 0 bridgehead atoms. The Labute approximate surface area is 122 Å². The highest BCUT2D eigenvalue weighted by molar-refractivity contribution is 5.77. The van der Waals surface area contributed by atoms with E-state index in [1.807, 2.05) is 0 Å². The molecule has 0 aliphatic heterocycles. The van der Waals surface area contributed by atoms with Crippen LogP contribution in [0.25, 0.3) is 0 Å². The number of nitrogens with zero attached hydrogens (tertiary/aromatic N) is 1. The highest BCUT2D eigenvalue weighted by atomic mass is 16.6. The van der Waals surface area contributed by atoms with Crippen LogP contribution < -0.4 is 15.4 Å². The third-order valence-electron chi connectivity index (χ3n) is 2.67. The lowest BCUT2D eigenvalue weighted by atomic mass is 10.2. The van der Waals surface area contributed by atoms with Crippen molar-refractivity contribution in [1.82, 2.24) is 10.6 Å². The van der Waals surface area contributed by atoms with Crippen molar-refractivity contribution in [2.75, 3.05) is 33.9 Å². The molecule has 0 aromatic heterocycles. The van der Waals surface area contributed by atoms with Gasteiger partial charge in [-0.25, -0.2) is 0 Å². The monoisotopic (exact) mass is 297 g/mol. The van der Waals surface area contributed by atoms with Gasteiger partial charge in [0, 0.05) is 33.3 Å². The third-order valence-corrected chi connectivity index (χ3v) is 2.67. The average Bonchev–Trinajstić information content (AvgIpc) is 2.49. The molecule has 0 unspecified atom stereocenters. The lowest BCUT2D eigenvalue weighted by Crippen LogP contribution is -2.25. The summed E-state index contributed by atoms with van der Waals surface area (Å²) in [5, 5.41) is 16.5. The SMILES string of the molecule is CNC(=O)COc1ccc(CNCCOC)cc1[N+](=O)[O-]. The maximum Gasteiger partial charge on any atom is 0.311 e. The summed E-state index contributed by atoms with van der Waals surface area (Å²) < 4.78 is 10.1. The molecule has 1 amide bonds. The molecule has 1 aromatic carbocycles. The van der Waals surface area contributed by atoms with Crippen LogP contribution in [0.2, 0.25) is 0 Å². The van der Waals surface area contributed by atoms with Crippen molar-refractivity contribution in [2.45, 2.75) is 6.54 Å². The topological polar surface area (TPSA) is 103 Å². The number of hydrogen-bond donors (Lipinski definition) is 2. The van der Waals surface area contributed by atoms with Gasteiger partial charge in [0.2, 0.25) is 0 Å². The smallest absolute Gasteiger partial charge is 0.311 e.